The molecule has 0 amide bonds. The summed E-state index contributed by atoms with van der Waals surface area (Å²) in [5.74, 6) is 1.81. The summed E-state index contributed by atoms with van der Waals surface area (Å²) < 4.78 is 0. The molecule has 0 spiro atoms. The molecule has 0 atom stereocenters. The van der Waals surface area contributed by atoms with Crippen LogP contribution in [0.4, 0.5) is 0 Å². The van der Waals surface area contributed by atoms with Crippen LogP contribution in [0.3, 0.4) is 0 Å². The number of aromatic nitrogens is 4. The Balaban J connectivity index is 0.00000351. The Kier molecular flexibility index (Phi) is 8.57. The Morgan fingerprint density at radius 2 is 0.936 bits per heavy atom. The molecule has 225 valence electrons. The first-order valence-electron chi connectivity index (χ1n) is 15.2. The third-order valence-corrected chi connectivity index (χ3v) is 8.13. The topological polar surface area (TPSA) is 51.6 Å². The SMILES string of the molecule is [Ir].[c-]1ccc(-c2nc(-c3ccccc3-c3ccccc3)nc(-c3ccccc3-c3ccccc3)n2)cc1-c1nccc2ccccc12. The van der Waals surface area contributed by atoms with Gasteiger partial charge in [0.25, 0.3) is 0 Å². The molecule has 0 aliphatic carbocycles. The summed E-state index contributed by atoms with van der Waals surface area (Å²) in [6.45, 7) is 0. The third kappa shape index (κ3) is 6.03. The normalized spacial score (nSPS) is 10.8. The predicted octanol–water partition coefficient (Wildman–Crippen LogP) is 10.2. The Bertz CT molecular complexity index is 2210. The van der Waals surface area contributed by atoms with Crippen molar-refractivity contribution < 1.29 is 20.1 Å². The zero-order chi connectivity index (χ0) is 30.7. The molecule has 47 heavy (non-hydrogen) atoms. The number of rotatable bonds is 6. The Labute approximate surface area is 287 Å². The van der Waals surface area contributed by atoms with Gasteiger partial charge < -0.3 is 4.98 Å². The van der Waals surface area contributed by atoms with Crippen LogP contribution < -0.4 is 0 Å². The van der Waals surface area contributed by atoms with Crippen molar-refractivity contribution >= 4 is 10.8 Å². The maximum absolute atomic E-state index is 5.15. The first-order valence-corrected chi connectivity index (χ1v) is 15.2. The minimum absolute atomic E-state index is 0. The fraction of sp³-hybridized carbons (Fsp3) is 0. The Hall–Kier alpha value is -5.61. The van der Waals surface area contributed by atoms with E-state index in [0.29, 0.717) is 17.5 Å². The quantitative estimate of drug-likeness (QED) is 0.158. The van der Waals surface area contributed by atoms with E-state index < -0.39 is 0 Å². The van der Waals surface area contributed by atoms with Crippen LogP contribution in [0.15, 0.2) is 164 Å². The minimum Gasteiger partial charge on any atom is -0.304 e. The maximum atomic E-state index is 5.15. The van der Waals surface area contributed by atoms with Crippen molar-refractivity contribution in [2.45, 2.75) is 0 Å². The molecule has 6 aromatic carbocycles. The number of pyridine rings is 1. The van der Waals surface area contributed by atoms with Crippen molar-refractivity contribution in [1.82, 2.24) is 19.9 Å². The molecule has 2 heterocycles. The Morgan fingerprint density at radius 1 is 0.426 bits per heavy atom. The second-order valence-corrected chi connectivity index (χ2v) is 11.0. The summed E-state index contributed by atoms with van der Waals surface area (Å²) in [5, 5.41) is 2.20. The summed E-state index contributed by atoms with van der Waals surface area (Å²) in [4.78, 5) is 20.2. The summed E-state index contributed by atoms with van der Waals surface area (Å²) in [5.41, 5.74) is 8.82. The van der Waals surface area contributed by atoms with Gasteiger partial charge in [-0.2, -0.15) is 0 Å². The van der Waals surface area contributed by atoms with Crippen LogP contribution in [-0.4, -0.2) is 19.9 Å². The number of hydrogen-bond donors (Lipinski definition) is 0. The van der Waals surface area contributed by atoms with Gasteiger partial charge in [-0.1, -0.05) is 139 Å². The van der Waals surface area contributed by atoms with Gasteiger partial charge in [-0.3, -0.25) is 0 Å². The van der Waals surface area contributed by atoms with E-state index in [-0.39, 0.29) is 20.1 Å². The molecule has 4 nitrogen and oxygen atoms in total. The van der Waals surface area contributed by atoms with Crippen LogP contribution in [0.5, 0.6) is 0 Å². The van der Waals surface area contributed by atoms with Gasteiger partial charge in [-0.05, 0) is 44.8 Å². The van der Waals surface area contributed by atoms with Gasteiger partial charge in [0, 0.05) is 37.4 Å². The molecule has 0 unspecified atom stereocenters. The van der Waals surface area contributed by atoms with Gasteiger partial charge >= 0.3 is 0 Å². The average Bonchev–Trinajstić information content (AvgIpc) is 3.15. The largest absolute Gasteiger partial charge is 0.304 e. The van der Waals surface area contributed by atoms with E-state index in [1.54, 1.807) is 0 Å². The van der Waals surface area contributed by atoms with Crippen LogP contribution in [0.25, 0.3) is 78.4 Å². The van der Waals surface area contributed by atoms with Gasteiger partial charge in [0.1, 0.15) is 5.82 Å². The van der Waals surface area contributed by atoms with Gasteiger partial charge in [-0.25, -0.2) is 15.0 Å². The van der Waals surface area contributed by atoms with E-state index in [2.05, 4.69) is 109 Å². The van der Waals surface area contributed by atoms with E-state index in [0.717, 1.165) is 61.0 Å². The molecule has 0 aliphatic rings. The third-order valence-electron chi connectivity index (χ3n) is 8.13. The number of nitrogens with zero attached hydrogens (tertiary/aromatic N) is 4. The van der Waals surface area contributed by atoms with E-state index >= 15 is 0 Å². The van der Waals surface area contributed by atoms with Crippen molar-refractivity contribution in [1.29, 1.82) is 0 Å². The number of benzene rings is 6. The van der Waals surface area contributed by atoms with Crippen molar-refractivity contribution in [3.63, 3.8) is 0 Å². The Morgan fingerprint density at radius 3 is 1.55 bits per heavy atom. The second kappa shape index (κ2) is 13.4. The standard InChI is InChI=1S/C42H27N4.Ir/c1-3-14-29(15-4-1)34-21-9-11-24-37(34)41-44-40(45-42(46-41)38-25-12-10-22-35(38)30-16-5-2-6-17-30)33-20-13-19-32(28-33)39-36-23-8-7-18-31(36)26-27-43-39;/h1-18,20-28H;/q-1;. The molecule has 0 aliphatic heterocycles. The molecule has 5 heteroatoms. The monoisotopic (exact) mass is 780 g/mol. The minimum atomic E-state index is 0. The van der Waals surface area contributed by atoms with Crippen molar-refractivity contribution in [2.75, 3.05) is 0 Å². The predicted molar refractivity (Wildman–Crippen MR) is 187 cm³/mol. The molecule has 2 aromatic heterocycles. The molecule has 1 radical (unpaired) electrons. The van der Waals surface area contributed by atoms with Gasteiger partial charge in [0.15, 0.2) is 11.6 Å². The first-order chi connectivity index (χ1) is 22.8. The molecule has 0 fully saturated rings. The summed E-state index contributed by atoms with van der Waals surface area (Å²) in [7, 11) is 0. The van der Waals surface area contributed by atoms with Crippen molar-refractivity contribution in [2.24, 2.45) is 0 Å². The second-order valence-electron chi connectivity index (χ2n) is 11.0. The van der Waals surface area contributed by atoms with Crippen LogP contribution in [-0.2, 0) is 20.1 Å². The first kappa shape index (κ1) is 30.1. The van der Waals surface area contributed by atoms with Gasteiger partial charge in [-0.15, -0.1) is 29.8 Å². The fourth-order valence-corrected chi connectivity index (χ4v) is 5.92. The smallest absolute Gasteiger partial charge is 0.164 e. The van der Waals surface area contributed by atoms with Gasteiger partial charge in [0.2, 0.25) is 0 Å². The molecule has 0 N–H and O–H groups in total. The van der Waals surface area contributed by atoms with Gasteiger partial charge in [0.05, 0.1) is 0 Å². The number of fused-ring (bicyclic) bond motifs is 1. The summed E-state index contributed by atoms with van der Waals surface area (Å²) in [6, 6.07) is 57.0. The molecular formula is C42H27IrN4-. The van der Waals surface area contributed by atoms with Crippen LogP contribution in [0.1, 0.15) is 0 Å². The molecule has 0 saturated heterocycles. The van der Waals surface area contributed by atoms with Crippen LogP contribution in [0, 0.1) is 6.07 Å². The summed E-state index contributed by atoms with van der Waals surface area (Å²) in [6.07, 6.45) is 1.85. The van der Waals surface area contributed by atoms with Crippen LogP contribution in [0.2, 0.25) is 0 Å². The van der Waals surface area contributed by atoms with E-state index in [9.17, 15) is 0 Å². The molecule has 0 bridgehead atoms. The zero-order valence-corrected chi connectivity index (χ0v) is 27.6. The molecule has 0 saturated carbocycles. The van der Waals surface area contributed by atoms with Crippen molar-refractivity contribution in [3.05, 3.63) is 170 Å². The fourth-order valence-electron chi connectivity index (χ4n) is 5.92. The summed E-state index contributed by atoms with van der Waals surface area (Å²) >= 11 is 0. The van der Waals surface area contributed by atoms with E-state index in [1.807, 2.05) is 60.8 Å². The van der Waals surface area contributed by atoms with E-state index in [1.165, 1.54) is 0 Å². The molecule has 8 aromatic rings. The van der Waals surface area contributed by atoms with Crippen molar-refractivity contribution in [3.8, 4) is 67.7 Å². The van der Waals surface area contributed by atoms with E-state index in [4.69, 9.17) is 19.9 Å². The zero-order valence-electron chi connectivity index (χ0n) is 25.2. The van der Waals surface area contributed by atoms with Crippen LogP contribution >= 0.6 is 0 Å². The molecular weight excluding hydrogens is 753 g/mol. The average molecular weight is 780 g/mol. The molecule has 8 rings (SSSR count). The number of hydrogen-bond acceptors (Lipinski definition) is 4. The maximum Gasteiger partial charge on any atom is 0.164 e.